The lowest BCUT2D eigenvalue weighted by Gasteiger charge is -2.26. The average molecular weight is 406 g/mol. The van der Waals surface area contributed by atoms with E-state index in [0.717, 1.165) is 25.7 Å². The number of hydrogen-bond acceptors (Lipinski definition) is 7. The minimum atomic E-state index is -0.737. The van der Waals surface area contributed by atoms with Gasteiger partial charge in [0.25, 0.3) is 0 Å². The summed E-state index contributed by atoms with van der Waals surface area (Å²) in [7, 11) is 0. The first kappa shape index (κ1) is 19.6. The van der Waals surface area contributed by atoms with Crippen LogP contribution in [0.4, 0.5) is 15.2 Å². The van der Waals surface area contributed by atoms with Gasteiger partial charge < -0.3 is 10.6 Å². The Labute approximate surface area is 165 Å². The van der Waals surface area contributed by atoms with E-state index in [9.17, 15) is 14.4 Å². The molecule has 1 heterocycles. The topological polar surface area (TPSA) is 90.7 Å². The number of carbonyl (C=O) groups is 1. The van der Waals surface area contributed by atoms with Gasteiger partial charge in [0.05, 0.1) is 11.8 Å². The Kier molecular flexibility index (Phi) is 6.63. The summed E-state index contributed by atoms with van der Waals surface area (Å²) in [6.07, 6.45) is 5.57. The van der Waals surface area contributed by atoms with Crippen LogP contribution in [0.1, 0.15) is 38.5 Å². The van der Waals surface area contributed by atoms with Crippen LogP contribution in [0.3, 0.4) is 0 Å². The summed E-state index contributed by atoms with van der Waals surface area (Å²) in [5.74, 6) is -0.322. The number of thioether (sulfide) groups is 1. The van der Waals surface area contributed by atoms with E-state index < -0.39 is 5.54 Å². The molecule has 1 fully saturated rings. The van der Waals surface area contributed by atoms with E-state index in [4.69, 9.17) is 0 Å². The van der Waals surface area contributed by atoms with Crippen LogP contribution in [0.15, 0.2) is 28.6 Å². The molecule has 0 aliphatic heterocycles. The fraction of sp³-hybridized carbons (Fsp3) is 0.444. The predicted molar refractivity (Wildman–Crippen MR) is 105 cm³/mol. The van der Waals surface area contributed by atoms with Crippen LogP contribution in [0, 0.1) is 17.1 Å². The Morgan fingerprint density at radius 3 is 2.78 bits per heavy atom. The Morgan fingerprint density at radius 1 is 1.30 bits per heavy atom. The molecular weight excluding hydrogens is 385 g/mol. The molecule has 2 N–H and O–H groups in total. The quantitative estimate of drug-likeness (QED) is 0.552. The van der Waals surface area contributed by atoms with Crippen molar-refractivity contribution in [3.05, 3.63) is 30.1 Å². The van der Waals surface area contributed by atoms with Crippen molar-refractivity contribution in [1.82, 2.24) is 15.5 Å². The smallest absolute Gasteiger partial charge is 0.231 e. The molecule has 1 aliphatic rings. The van der Waals surface area contributed by atoms with Crippen molar-refractivity contribution in [1.29, 1.82) is 5.26 Å². The zero-order valence-electron chi connectivity index (χ0n) is 14.7. The van der Waals surface area contributed by atoms with Crippen molar-refractivity contribution < 1.29 is 9.18 Å². The number of carbonyl (C=O) groups excluding carboxylic acids is 1. The lowest BCUT2D eigenvalue weighted by molar-refractivity contribution is -0.120. The third-order valence-electron chi connectivity index (χ3n) is 4.36. The number of rotatable bonds is 6. The summed E-state index contributed by atoms with van der Waals surface area (Å²) in [5, 5.41) is 24.0. The maximum Gasteiger partial charge on any atom is 0.231 e. The molecule has 2 aromatic rings. The van der Waals surface area contributed by atoms with Crippen LogP contribution in [0.25, 0.3) is 0 Å². The second-order valence-electron chi connectivity index (χ2n) is 6.45. The highest BCUT2D eigenvalue weighted by Crippen LogP contribution is 2.29. The molecular formula is C18H20FN5OS2. The van der Waals surface area contributed by atoms with Crippen molar-refractivity contribution >= 4 is 39.8 Å². The second-order valence-corrected chi connectivity index (χ2v) is 8.65. The zero-order valence-corrected chi connectivity index (χ0v) is 16.3. The SMILES string of the molecule is N#CC1(NC(=O)CSc2nnc(Nc3cccc(F)c3)s2)CCCCCC1. The number of nitrogens with one attached hydrogen (secondary N) is 2. The van der Waals surface area contributed by atoms with Crippen molar-refractivity contribution in [2.45, 2.75) is 48.4 Å². The summed E-state index contributed by atoms with van der Waals surface area (Å²) >= 11 is 2.57. The first-order valence-electron chi connectivity index (χ1n) is 8.80. The number of halogens is 1. The highest BCUT2D eigenvalue weighted by Gasteiger charge is 2.32. The van der Waals surface area contributed by atoms with Gasteiger partial charge in [-0.15, -0.1) is 10.2 Å². The predicted octanol–water partition coefficient (Wildman–Crippen LogP) is 4.25. The number of benzene rings is 1. The Balaban J connectivity index is 1.52. The molecule has 1 aromatic heterocycles. The summed E-state index contributed by atoms with van der Waals surface area (Å²) in [6.45, 7) is 0. The van der Waals surface area contributed by atoms with Gasteiger partial charge in [0, 0.05) is 5.69 Å². The highest BCUT2D eigenvalue weighted by molar-refractivity contribution is 8.01. The van der Waals surface area contributed by atoms with E-state index in [1.165, 1.54) is 35.2 Å². The first-order valence-corrected chi connectivity index (χ1v) is 10.6. The maximum atomic E-state index is 13.2. The van der Waals surface area contributed by atoms with Crippen molar-refractivity contribution in [3.63, 3.8) is 0 Å². The Hall–Kier alpha value is -2.18. The Bertz CT molecular complexity index is 827. The molecule has 0 unspecified atom stereocenters. The number of amides is 1. The molecule has 0 bridgehead atoms. The fourth-order valence-corrected chi connectivity index (χ4v) is 4.61. The summed E-state index contributed by atoms with van der Waals surface area (Å²) < 4.78 is 13.9. The molecule has 0 atom stereocenters. The van der Waals surface area contributed by atoms with Gasteiger partial charge in [-0.25, -0.2) is 4.39 Å². The number of hydrogen-bond donors (Lipinski definition) is 2. The molecule has 6 nitrogen and oxygen atoms in total. The Morgan fingerprint density at radius 2 is 2.07 bits per heavy atom. The van der Waals surface area contributed by atoms with Crippen LogP contribution in [0.2, 0.25) is 0 Å². The lowest BCUT2D eigenvalue weighted by Crippen LogP contribution is -2.47. The molecule has 27 heavy (non-hydrogen) atoms. The van der Waals surface area contributed by atoms with Crippen molar-refractivity contribution in [3.8, 4) is 6.07 Å². The lowest BCUT2D eigenvalue weighted by atomic mass is 9.92. The molecule has 3 rings (SSSR count). The summed E-state index contributed by atoms with van der Waals surface area (Å²) in [5.41, 5.74) is -0.149. The van der Waals surface area contributed by atoms with E-state index in [1.807, 2.05) is 0 Å². The third-order valence-corrected chi connectivity index (χ3v) is 6.33. The van der Waals surface area contributed by atoms with Gasteiger partial charge in [-0.05, 0) is 31.0 Å². The van der Waals surface area contributed by atoms with Crippen LogP contribution in [0.5, 0.6) is 0 Å². The third kappa shape index (κ3) is 5.65. The molecule has 1 amide bonds. The standard InChI is InChI=1S/C18H20FN5OS2/c19-13-6-5-7-14(10-13)21-16-23-24-17(27-16)26-11-15(25)22-18(12-20)8-3-1-2-4-9-18/h5-7,10H,1-4,8-9,11H2,(H,21,23)(H,22,25). The zero-order chi connectivity index (χ0) is 19.1. The number of nitrogens with zero attached hydrogens (tertiary/aromatic N) is 3. The van der Waals surface area contributed by atoms with Gasteiger partial charge in [0.1, 0.15) is 11.4 Å². The maximum absolute atomic E-state index is 13.2. The van der Waals surface area contributed by atoms with Crippen LogP contribution >= 0.6 is 23.1 Å². The van der Waals surface area contributed by atoms with E-state index in [2.05, 4.69) is 26.9 Å². The molecule has 1 aromatic carbocycles. The molecule has 1 aliphatic carbocycles. The molecule has 0 spiro atoms. The number of anilines is 2. The monoisotopic (exact) mass is 405 g/mol. The summed E-state index contributed by atoms with van der Waals surface area (Å²) in [4.78, 5) is 12.3. The normalized spacial score (nSPS) is 16.1. The first-order chi connectivity index (χ1) is 13.1. The van der Waals surface area contributed by atoms with Crippen LogP contribution in [-0.4, -0.2) is 27.4 Å². The van der Waals surface area contributed by atoms with Crippen molar-refractivity contribution in [2.24, 2.45) is 0 Å². The van der Waals surface area contributed by atoms with E-state index in [0.29, 0.717) is 28.0 Å². The van der Waals surface area contributed by atoms with E-state index >= 15 is 0 Å². The summed E-state index contributed by atoms with van der Waals surface area (Å²) in [6, 6.07) is 8.40. The van der Waals surface area contributed by atoms with Gasteiger partial charge in [-0.3, -0.25) is 4.79 Å². The van der Waals surface area contributed by atoms with E-state index in [-0.39, 0.29) is 17.5 Å². The van der Waals surface area contributed by atoms with Crippen LogP contribution in [-0.2, 0) is 4.79 Å². The minimum absolute atomic E-state index is 0.168. The molecule has 142 valence electrons. The van der Waals surface area contributed by atoms with Crippen molar-refractivity contribution in [2.75, 3.05) is 11.1 Å². The van der Waals surface area contributed by atoms with Gasteiger partial charge in [0.2, 0.25) is 11.0 Å². The molecule has 0 saturated heterocycles. The minimum Gasteiger partial charge on any atom is -0.337 e. The largest absolute Gasteiger partial charge is 0.337 e. The van der Waals surface area contributed by atoms with Crippen LogP contribution < -0.4 is 10.6 Å². The highest BCUT2D eigenvalue weighted by atomic mass is 32.2. The number of aromatic nitrogens is 2. The van der Waals surface area contributed by atoms with Gasteiger partial charge in [-0.1, -0.05) is 54.8 Å². The molecule has 9 heteroatoms. The second kappa shape index (κ2) is 9.15. The average Bonchev–Trinajstić information content (AvgIpc) is 2.96. The number of nitriles is 1. The molecule has 0 radical (unpaired) electrons. The van der Waals surface area contributed by atoms with E-state index in [1.54, 1.807) is 12.1 Å². The fourth-order valence-electron chi connectivity index (χ4n) is 3.04. The van der Waals surface area contributed by atoms with Gasteiger partial charge in [0.15, 0.2) is 4.34 Å². The molecule has 1 saturated carbocycles. The van der Waals surface area contributed by atoms with Gasteiger partial charge >= 0.3 is 0 Å². The van der Waals surface area contributed by atoms with Gasteiger partial charge in [-0.2, -0.15) is 5.26 Å².